The van der Waals surface area contributed by atoms with E-state index in [1.54, 1.807) is 0 Å². The summed E-state index contributed by atoms with van der Waals surface area (Å²) in [5.41, 5.74) is 2.94. The predicted molar refractivity (Wildman–Crippen MR) is 100 cm³/mol. The van der Waals surface area contributed by atoms with Crippen LogP contribution in [-0.4, -0.2) is 43.8 Å². The number of imide groups is 1. The molecule has 1 atom stereocenters. The molecule has 0 bridgehead atoms. The first-order valence-corrected chi connectivity index (χ1v) is 9.17. The average Bonchev–Trinajstić information content (AvgIpc) is 2.67. The first-order chi connectivity index (χ1) is 12.5. The van der Waals surface area contributed by atoms with E-state index < -0.39 is 11.8 Å². The number of hydrogen-bond donors (Lipinski definition) is 2. The quantitative estimate of drug-likeness (QED) is 0.475. The van der Waals surface area contributed by atoms with Gasteiger partial charge in [0.1, 0.15) is 0 Å². The van der Waals surface area contributed by atoms with Gasteiger partial charge in [0.2, 0.25) is 11.8 Å². The number of ketones is 1. The second-order valence-electron chi connectivity index (χ2n) is 6.79. The number of carbonyl (C=O) groups is 3. The Labute approximate surface area is 153 Å². The lowest BCUT2D eigenvalue weighted by molar-refractivity contribution is -0.135. The zero-order valence-electron chi connectivity index (χ0n) is 15.1. The maximum absolute atomic E-state index is 13.0. The number of hydrogen-bond acceptors (Lipinski definition) is 5. The van der Waals surface area contributed by atoms with Crippen molar-refractivity contribution in [1.82, 2.24) is 10.6 Å². The van der Waals surface area contributed by atoms with E-state index in [0.29, 0.717) is 12.0 Å². The van der Waals surface area contributed by atoms with Crippen LogP contribution in [0.2, 0.25) is 0 Å². The van der Waals surface area contributed by atoms with E-state index in [1.807, 2.05) is 19.1 Å². The Hall–Kier alpha value is -2.47. The fraction of sp³-hybridized carbons (Fsp3) is 0.450. The topological polar surface area (TPSA) is 78.5 Å². The molecule has 0 saturated carbocycles. The smallest absolute Gasteiger partial charge is 0.234 e. The van der Waals surface area contributed by atoms with Gasteiger partial charge in [-0.2, -0.15) is 0 Å². The van der Waals surface area contributed by atoms with Crippen molar-refractivity contribution in [3.63, 3.8) is 0 Å². The highest BCUT2D eigenvalue weighted by atomic mass is 16.2. The molecule has 0 radical (unpaired) electrons. The third-order valence-corrected chi connectivity index (χ3v) is 5.15. The molecule has 0 spiro atoms. The van der Waals surface area contributed by atoms with E-state index in [-0.39, 0.29) is 23.7 Å². The number of piperazine rings is 1. The standard InChI is InChI=1S/C20H25N3O3/c1-3-14-12-15(23-10-8-21-9-11-23)4-5-17(14)19(25)13(2)16-6-7-18(24)22-20(16)26/h4-5,12,16,21H,2-3,6-11H2,1H3,(H,22,24,26)/t16-/m1/s1. The molecule has 1 aromatic rings. The van der Waals surface area contributed by atoms with Gasteiger partial charge in [0.05, 0.1) is 5.92 Å². The highest BCUT2D eigenvalue weighted by molar-refractivity contribution is 6.14. The van der Waals surface area contributed by atoms with Crippen molar-refractivity contribution in [2.75, 3.05) is 31.1 Å². The summed E-state index contributed by atoms with van der Waals surface area (Å²) in [7, 11) is 0. The van der Waals surface area contributed by atoms with Crippen LogP contribution in [0.3, 0.4) is 0 Å². The number of nitrogens with zero attached hydrogens (tertiary/aromatic N) is 1. The van der Waals surface area contributed by atoms with Crippen molar-refractivity contribution < 1.29 is 14.4 Å². The molecule has 1 aromatic carbocycles. The SMILES string of the molecule is C=C(C(=O)c1ccc(N2CCNCC2)cc1CC)[C@H]1CCC(=O)NC1=O. The van der Waals surface area contributed by atoms with Gasteiger partial charge in [-0.1, -0.05) is 13.5 Å². The van der Waals surface area contributed by atoms with Crippen LogP contribution in [0.5, 0.6) is 0 Å². The Bertz CT molecular complexity index is 751. The predicted octanol–water partition coefficient (Wildman–Crippen LogP) is 1.45. The van der Waals surface area contributed by atoms with Crippen molar-refractivity contribution in [2.24, 2.45) is 5.92 Å². The second-order valence-corrected chi connectivity index (χ2v) is 6.79. The molecule has 2 heterocycles. The summed E-state index contributed by atoms with van der Waals surface area (Å²) < 4.78 is 0. The summed E-state index contributed by atoms with van der Waals surface area (Å²) in [6.07, 6.45) is 1.31. The van der Waals surface area contributed by atoms with Crippen molar-refractivity contribution in [3.05, 3.63) is 41.5 Å². The van der Waals surface area contributed by atoms with Crippen molar-refractivity contribution >= 4 is 23.3 Å². The summed E-state index contributed by atoms with van der Waals surface area (Å²) in [6.45, 7) is 9.69. The summed E-state index contributed by atoms with van der Waals surface area (Å²) in [4.78, 5) is 38.6. The largest absolute Gasteiger partial charge is 0.369 e. The molecule has 0 aliphatic carbocycles. The Morgan fingerprint density at radius 2 is 2.00 bits per heavy atom. The summed E-state index contributed by atoms with van der Waals surface area (Å²) in [5.74, 6) is -1.54. The van der Waals surface area contributed by atoms with Crippen molar-refractivity contribution in [2.45, 2.75) is 26.2 Å². The molecule has 6 heteroatoms. The van der Waals surface area contributed by atoms with E-state index in [0.717, 1.165) is 43.9 Å². The number of carbonyl (C=O) groups excluding carboxylic acids is 3. The molecule has 2 saturated heterocycles. The molecular weight excluding hydrogens is 330 g/mol. The molecule has 6 nitrogen and oxygen atoms in total. The number of benzene rings is 1. The minimum atomic E-state index is -0.627. The molecule has 26 heavy (non-hydrogen) atoms. The summed E-state index contributed by atoms with van der Waals surface area (Å²) in [6, 6.07) is 5.88. The van der Waals surface area contributed by atoms with E-state index in [1.165, 1.54) is 0 Å². The minimum absolute atomic E-state index is 0.205. The second kappa shape index (κ2) is 7.83. The Kier molecular flexibility index (Phi) is 5.52. The van der Waals surface area contributed by atoms with Gasteiger partial charge in [-0.15, -0.1) is 0 Å². The summed E-state index contributed by atoms with van der Waals surface area (Å²) >= 11 is 0. The van der Waals surface area contributed by atoms with Gasteiger partial charge in [-0.05, 0) is 36.6 Å². The molecule has 0 aromatic heterocycles. The highest BCUT2D eigenvalue weighted by Gasteiger charge is 2.32. The van der Waals surface area contributed by atoms with Crippen LogP contribution in [0.25, 0.3) is 0 Å². The lowest BCUT2D eigenvalue weighted by Gasteiger charge is -2.30. The normalized spacial score (nSPS) is 20.7. The molecule has 3 rings (SSSR count). The fourth-order valence-electron chi connectivity index (χ4n) is 3.57. The van der Waals surface area contributed by atoms with Crippen LogP contribution in [0, 0.1) is 5.92 Å². The van der Waals surface area contributed by atoms with Crippen LogP contribution < -0.4 is 15.5 Å². The average molecular weight is 355 g/mol. The molecular formula is C20H25N3O3. The van der Waals surface area contributed by atoms with Crippen LogP contribution in [0.4, 0.5) is 5.69 Å². The van der Waals surface area contributed by atoms with E-state index in [2.05, 4.69) is 28.2 Å². The molecule has 2 aliphatic heterocycles. The monoisotopic (exact) mass is 355 g/mol. The van der Waals surface area contributed by atoms with Gasteiger partial charge in [0.25, 0.3) is 0 Å². The third kappa shape index (κ3) is 3.70. The lowest BCUT2D eigenvalue weighted by atomic mass is 9.85. The number of aryl methyl sites for hydroxylation is 1. The molecule has 138 valence electrons. The molecule has 2 N–H and O–H groups in total. The number of rotatable bonds is 5. The van der Waals surface area contributed by atoms with Gasteiger partial charge in [0, 0.05) is 49.4 Å². The zero-order valence-corrected chi connectivity index (χ0v) is 15.1. The lowest BCUT2D eigenvalue weighted by Crippen LogP contribution is -2.43. The van der Waals surface area contributed by atoms with Gasteiger partial charge in [-0.3, -0.25) is 19.7 Å². The molecule has 0 unspecified atom stereocenters. The molecule has 2 aliphatic rings. The number of anilines is 1. The van der Waals surface area contributed by atoms with E-state index in [4.69, 9.17) is 0 Å². The van der Waals surface area contributed by atoms with Crippen molar-refractivity contribution in [1.29, 1.82) is 0 Å². The Morgan fingerprint density at radius 1 is 1.27 bits per heavy atom. The number of piperidine rings is 1. The van der Waals surface area contributed by atoms with E-state index >= 15 is 0 Å². The molecule has 2 fully saturated rings. The van der Waals surface area contributed by atoms with Gasteiger partial charge in [-0.25, -0.2) is 0 Å². The van der Waals surface area contributed by atoms with Crippen LogP contribution in [-0.2, 0) is 16.0 Å². The maximum atomic E-state index is 13.0. The van der Waals surface area contributed by atoms with Crippen LogP contribution in [0.1, 0.15) is 35.7 Å². The number of Topliss-reactive ketones (excluding diaryl/α,β-unsaturated/α-hetero) is 1. The minimum Gasteiger partial charge on any atom is -0.369 e. The molecule has 2 amide bonds. The first kappa shape index (κ1) is 18.3. The Morgan fingerprint density at radius 3 is 2.65 bits per heavy atom. The van der Waals surface area contributed by atoms with E-state index in [9.17, 15) is 14.4 Å². The van der Waals surface area contributed by atoms with Crippen LogP contribution in [0.15, 0.2) is 30.4 Å². The van der Waals surface area contributed by atoms with Crippen molar-refractivity contribution in [3.8, 4) is 0 Å². The van der Waals surface area contributed by atoms with Gasteiger partial charge >= 0.3 is 0 Å². The third-order valence-electron chi connectivity index (χ3n) is 5.15. The summed E-state index contributed by atoms with van der Waals surface area (Å²) in [5, 5.41) is 5.63. The Balaban J connectivity index is 1.81. The highest BCUT2D eigenvalue weighted by Crippen LogP contribution is 2.27. The number of amides is 2. The zero-order chi connectivity index (χ0) is 18.7. The van der Waals surface area contributed by atoms with Gasteiger partial charge < -0.3 is 10.2 Å². The maximum Gasteiger partial charge on any atom is 0.234 e. The number of nitrogens with one attached hydrogen (secondary N) is 2. The van der Waals surface area contributed by atoms with Gasteiger partial charge in [0.15, 0.2) is 5.78 Å². The first-order valence-electron chi connectivity index (χ1n) is 9.17. The fourth-order valence-corrected chi connectivity index (χ4v) is 3.57. The van der Waals surface area contributed by atoms with Crippen LogP contribution >= 0.6 is 0 Å².